The van der Waals surface area contributed by atoms with Crippen molar-refractivity contribution in [2.24, 2.45) is 0 Å². The number of amides is 1. The number of anilines is 2. The first-order valence-electron chi connectivity index (χ1n) is 11.3. The molecule has 1 aromatic heterocycles. The van der Waals surface area contributed by atoms with E-state index in [4.69, 9.17) is 5.73 Å². The lowest BCUT2D eigenvalue weighted by Crippen LogP contribution is -2.11. The third-order valence-electron chi connectivity index (χ3n) is 5.87. The molecular weight excluding hydrogens is 436 g/mol. The number of nitrogen functional groups attached to an aromatic ring is 1. The topological polar surface area (TPSA) is 101 Å². The molecule has 0 aliphatic carbocycles. The zero-order chi connectivity index (χ0) is 24.4. The van der Waals surface area contributed by atoms with Crippen LogP contribution in [0.3, 0.4) is 0 Å². The third kappa shape index (κ3) is 4.96. The minimum Gasteiger partial charge on any atom is -0.399 e. The van der Waals surface area contributed by atoms with Crippen molar-refractivity contribution in [3.63, 3.8) is 0 Å². The van der Waals surface area contributed by atoms with Gasteiger partial charge in [-0.1, -0.05) is 23.8 Å². The maximum Gasteiger partial charge on any atom is 0.255 e. The monoisotopic (exact) mass is 460 g/mol. The molecule has 172 valence electrons. The summed E-state index contributed by atoms with van der Waals surface area (Å²) in [5.41, 5.74) is 12.9. The van der Waals surface area contributed by atoms with Crippen LogP contribution in [-0.4, -0.2) is 21.7 Å². The van der Waals surface area contributed by atoms with Gasteiger partial charge in [0.25, 0.3) is 5.91 Å². The van der Waals surface area contributed by atoms with Gasteiger partial charge in [0.05, 0.1) is 11.0 Å². The van der Waals surface area contributed by atoms with Crippen molar-refractivity contribution in [3.05, 3.63) is 113 Å². The van der Waals surface area contributed by atoms with Crippen molar-refractivity contribution in [2.45, 2.75) is 13.3 Å². The van der Waals surface area contributed by atoms with E-state index in [9.17, 15) is 9.59 Å². The fourth-order valence-electron chi connectivity index (χ4n) is 3.88. The molecule has 0 bridgehead atoms. The van der Waals surface area contributed by atoms with Crippen LogP contribution in [0.25, 0.3) is 22.4 Å². The number of carbonyl (C=O) groups excluding carboxylic acids is 2. The second-order valence-corrected chi connectivity index (χ2v) is 8.56. The van der Waals surface area contributed by atoms with E-state index >= 15 is 0 Å². The highest BCUT2D eigenvalue weighted by Gasteiger charge is 2.11. The molecule has 5 aromatic rings. The third-order valence-corrected chi connectivity index (χ3v) is 5.87. The lowest BCUT2D eigenvalue weighted by molar-refractivity contribution is 0.0991. The normalized spacial score (nSPS) is 10.9. The van der Waals surface area contributed by atoms with Crippen LogP contribution in [0.2, 0.25) is 0 Å². The minimum absolute atomic E-state index is 0.0346. The lowest BCUT2D eigenvalue weighted by Gasteiger charge is -2.06. The predicted octanol–water partition coefficient (Wildman–Crippen LogP) is 5.80. The van der Waals surface area contributed by atoms with Gasteiger partial charge in [-0.05, 0) is 85.3 Å². The smallest absolute Gasteiger partial charge is 0.255 e. The lowest BCUT2D eigenvalue weighted by atomic mass is 10.0. The van der Waals surface area contributed by atoms with E-state index in [0.29, 0.717) is 28.9 Å². The Bertz CT molecular complexity index is 1520. The molecule has 1 heterocycles. The largest absolute Gasteiger partial charge is 0.399 e. The summed E-state index contributed by atoms with van der Waals surface area (Å²) < 4.78 is 0. The van der Waals surface area contributed by atoms with E-state index < -0.39 is 0 Å². The van der Waals surface area contributed by atoms with Crippen molar-refractivity contribution in [1.82, 2.24) is 9.97 Å². The zero-order valence-electron chi connectivity index (χ0n) is 19.2. The minimum atomic E-state index is -0.150. The SMILES string of the molecule is Cc1ccc(C(=O)Nc2ccc(-c3nc4ccc(CC(=O)c5ccc(N)cc5)cc4[nH]3)cc2)cc1. The van der Waals surface area contributed by atoms with Crippen molar-refractivity contribution >= 4 is 34.1 Å². The number of H-pyrrole nitrogens is 1. The molecule has 0 radical (unpaired) electrons. The Kier molecular flexibility index (Phi) is 5.85. The number of carbonyl (C=O) groups is 2. The van der Waals surface area contributed by atoms with Crippen molar-refractivity contribution in [2.75, 3.05) is 11.1 Å². The first kappa shape index (κ1) is 22.1. The average molecular weight is 461 g/mol. The molecule has 5 rings (SSSR count). The van der Waals surface area contributed by atoms with Gasteiger partial charge < -0.3 is 16.0 Å². The summed E-state index contributed by atoms with van der Waals surface area (Å²) in [4.78, 5) is 33.1. The van der Waals surface area contributed by atoms with Gasteiger partial charge in [0.15, 0.2) is 5.78 Å². The number of fused-ring (bicyclic) bond motifs is 1. The first-order valence-corrected chi connectivity index (χ1v) is 11.3. The molecule has 1 amide bonds. The molecule has 0 fully saturated rings. The summed E-state index contributed by atoms with van der Waals surface area (Å²) in [5.74, 6) is 0.605. The predicted molar refractivity (Wildman–Crippen MR) is 140 cm³/mol. The number of hydrogen-bond donors (Lipinski definition) is 3. The Morgan fingerprint density at radius 2 is 1.54 bits per heavy atom. The van der Waals surface area contributed by atoms with Crippen molar-refractivity contribution in [3.8, 4) is 11.4 Å². The summed E-state index contributed by atoms with van der Waals surface area (Å²) in [6.07, 6.45) is 0.295. The first-order chi connectivity index (χ1) is 16.9. The molecule has 0 aliphatic heterocycles. The molecule has 0 saturated heterocycles. The molecule has 0 saturated carbocycles. The van der Waals surface area contributed by atoms with Crippen molar-refractivity contribution in [1.29, 1.82) is 0 Å². The summed E-state index contributed by atoms with van der Waals surface area (Å²) in [7, 11) is 0. The number of aryl methyl sites for hydroxylation is 1. The number of nitrogens with zero attached hydrogens (tertiary/aromatic N) is 1. The van der Waals surface area contributed by atoms with Crippen LogP contribution in [0.5, 0.6) is 0 Å². The highest BCUT2D eigenvalue weighted by molar-refractivity contribution is 6.04. The Balaban J connectivity index is 1.30. The molecule has 0 atom stereocenters. The number of nitrogens with one attached hydrogen (secondary N) is 2. The number of rotatable bonds is 6. The molecule has 4 aromatic carbocycles. The summed E-state index contributed by atoms with van der Waals surface area (Å²) in [5, 5.41) is 2.92. The quantitative estimate of drug-likeness (QED) is 0.220. The standard InChI is InChI=1S/C29H24N4O2/c1-18-2-5-22(6-3-18)29(35)31-24-13-9-21(10-14-24)28-32-25-15-4-19(16-26(25)33-28)17-27(34)20-7-11-23(30)12-8-20/h2-16H,17,30H2,1H3,(H,31,35)(H,32,33). The molecular formula is C29H24N4O2. The van der Waals surface area contributed by atoms with Gasteiger partial charge in [-0.3, -0.25) is 9.59 Å². The molecule has 0 aliphatic rings. The molecule has 35 heavy (non-hydrogen) atoms. The molecule has 6 heteroatoms. The van der Waals surface area contributed by atoms with E-state index in [1.165, 1.54) is 0 Å². The molecule has 6 nitrogen and oxygen atoms in total. The molecule has 4 N–H and O–H groups in total. The van der Waals surface area contributed by atoms with Crippen LogP contribution in [0.1, 0.15) is 31.8 Å². The summed E-state index contributed by atoms with van der Waals surface area (Å²) in [6.45, 7) is 1.99. The number of aromatic nitrogens is 2. The van der Waals surface area contributed by atoms with Crippen LogP contribution < -0.4 is 11.1 Å². The van der Waals surface area contributed by atoms with E-state index in [1.54, 1.807) is 24.3 Å². The van der Waals surface area contributed by atoms with Crippen LogP contribution in [0, 0.1) is 6.92 Å². The second-order valence-electron chi connectivity index (χ2n) is 8.56. The molecule has 0 unspecified atom stereocenters. The van der Waals surface area contributed by atoms with Crippen LogP contribution in [0.15, 0.2) is 91.0 Å². The number of aromatic amines is 1. The number of Topliss-reactive ketones (excluding diaryl/α,β-unsaturated/α-hetero) is 1. The highest BCUT2D eigenvalue weighted by Crippen LogP contribution is 2.24. The Morgan fingerprint density at radius 3 is 2.26 bits per heavy atom. The van der Waals surface area contributed by atoms with Gasteiger partial charge in [0.1, 0.15) is 5.82 Å². The van der Waals surface area contributed by atoms with Gasteiger partial charge in [0, 0.05) is 34.5 Å². The Morgan fingerprint density at radius 1 is 0.857 bits per heavy atom. The maximum atomic E-state index is 12.6. The van der Waals surface area contributed by atoms with E-state index in [-0.39, 0.29) is 11.7 Å². The maximum absolute atomic E-state index is 12.6. The second kappa shape index (κ2) is 9.27. The Hall–Kier alpha value is -4.71. The summed E-state index contributed by atoms with van der Waals surface area (Å²) >= 11 is 0. The van der Waals surface area contributed by atoms with Crippen LogP contribution in [-0.2, 0) is 6.42 Å². The number of imidazole rings is 1. The van der Waals surface area contributed by atoms with Crippen molar-refractivity contribution < 1.29 is 9.59 Å². The van der Waals surface area contributed by atoms with Gasteiger partial charge in [-0.25, -0.2) is 4.98 Å². The fourth-order valence-corrected chi connectivity index (χ4v) is 3.88. The zero-order valence-corrected chi connectivity index (χ0v) is 19.2. The fraction of sp³-hybridized carbons (Fsp3) is 0.0690. The summed E-state index contributed by atoms with van der Waals surface area (Å²) in [6, 6.07) is 27.7. The van der Waals surface area contributed by atoms with Gasteiger partial charge in [-0.2, -0.15) is 0 Å². The average Bonchev–Trinajstić information content (AvgIpc) is 3.29. The number of benzene rings is 4. The highest BCUT2D eigenvalue weighted by atomic mass is 16.1. The Labute approximate surface area is 202 Å². The number of ketones is 1. The number of hydrogen-bond acceptors (Lipinski definition) is 4. The number of nitrogens with two attached hydrogens (primary N) is 1. The van der Waals surface area contributed by atoms with Gasteiger partial charge in [0.2, 0.25) is 0 Å². The van der Waals surface area contributed by atoms with E-state index in [1.807, 2.05) is 73.7 Å². The van der Waals surface area contributed by atoms with E-state index in [2.05, 4.69) is 15.3 Å². The van der Waals surface area contributed by atoms with Crippen LogP contribution in [0.4, 0.5) is 11.4 Å². The van der Waals surface area contributed by atoms with Crippen LogP contribution >= 0.6 is 0 Å². The van der Waals surface area contributed by atoms with Gasteiger partial charge >= 0.3 is 0 Å². The van der Waals surface area contributed by atoms with E-state index in [0.717, 1.165) is 33.5 Å². The van der Waals surface area contributed by atoms with Gasteiger partial charge in [-0.15, -0.1) is 0 Å². The molecule has 0 spiro atoms.